The van der Waals surface area contributed by atoms with E-state index in [0.717, 1.165) is 13.0 Å². The van der Waals surface area contributed by atoms with Crippen molar-refractivity contribution in [2.75, 3.05) is 13.2 Å². The lowest BCUT2D eigenvalue weighted by Gasteiger charge is -2.15. The number of carbonyl (C=O) groups excluding carboxylic acids is 1. The van der Waals surface area contributed by atoms with Gasteiger partial charge in [0.05, 0.1) is 18.8 Å². The maximum Gasteiger partial charge on any atom is 0.217 e. The van der Waals surface area contributed by atoms with Crippen LogP contribution < -0.4 is 5.32 Å². The lowest BCUT2D eigenvalue weighted by Crippen LogP contribution is -2.42. The standard InChI is InChI=1S/C8H13NO3/c1-5(10)9-6-4-12-7-2-3-11-8(6)7/h6-8H,2-4H2,1H3,(H,9,10)/t6-,7+,8+/m0/s1. The van der Waals surface area contributed by atoms with E-state index in [1.807, 2.05) is 0 Å². The Kier molecular flexibility index (Phi) is 2.02. The molecule has 0 saturated carbocycles. The SMILES string of the molecule is CC(=O)N[C@H]1CO[C@@H]2CCO[C@H]12. The van der Waals surface area contributed by atoms with Gasteiger partial charge in [0.15, 0.2) is 0 Å². The molecule has 2 aliphatic rings. The number of amides is 1. The van der Waals surface area contributed by atoms with Crippen LogP contribution in [-0.4, -0.2) is 37.4 Å². The first-order valence-electron chi connectivity index (χ1n) is 4.27. The van der Waals surface area contributed by atoms with Crippen LogP contribution in [0, 0.1) is 0 Å². The van der Waals surface area contributed by atoms with Crippen molar-refractivity contribution in [3.05, 3.63) is 0 Å². The van der Waals surface area contributed by atoms with Crippen LogP contribution in [0.3, 0.4) is 0 Å². The van der Waals surface area contributed by atoms with Gasteiger partial charge in [0.25, 0.3) is 0 Å². The minimum Gasteiger partial charge on any atom is -0.373 e. The summed E-state index contributed by atoms with van der Waals surface area (Å²) in [5.74, 6) is -0.0141. The summed E-state index contributed by atoms with van der Waals surface area (Å²) in [6.07, 6.45) is 1.26. The molecule has 3 atom stereocenters. The Morgan fingerprint density at radius 1 is 1.50 bits per heavy atom. The minimum absolute atomic E-state index is 0.0141. The fraction of sp³-hybridized carbons (Fsp3) is 0.875. The Bertz CT molecular complexity index is 195. The van der Waals surface area contributed by atoms with Crippen molar-refractivity contribution in [1.29, 1.82) is 0 Å². The van der Waals surface area contributed by atoms with E-state index in [1.165, 1.54) is 6.92 Å². The molecule has 2 aliphatic heterocycles. The highest BCUT2D eigenvalue weighted by Crippen LogP contribution is 2.26. The number of hydrogen-bond donors (Lipinski definition) is 1. The van der Waals surface area contributed by atoms with Crippen LogP contribution in [0.25, 0.3) is 0 Å². The van der Waals surface area contributed by atoms with Gasteiger partial charge < -0.3 is 14.8 Å². The number of hydrogen-bond acceptors (Lipinski definition) is 3. The smallest absolute Gasteiger partial charge is 0.217 e. The molecule has 68 valence electrons. The van der Waals surface area contributed by atoms with E-state index in [0.29, 0.717) is 6.61 Å². The Labute approximate surface area is 71.2 Å². The van der Waals surface area contributed by atoms with Crippen molar-refractivity contribution in [3.8, 4) is 0 Å². The molecule has 0 aromatic carbocycles. The van der Waals surface area contributed by atoms with Gasteiger partial charge in [-0.05, 0) is 6.42 Å². The third-order valence-corrected chi connectivity index (χ3v) is 2.35. The van der Waals surface area contributed by atoms with E-state index in [1.54, 1.807) is 0 Å². The van der Waals surface area contributed by atoms with Crippen LogP contribution in [0.4, 0.5) is 0 Å². The molecule has 2 heterocycles. The fourth-order valence-electron chi connectivity index (χ4n) is 1.85. The third kappa shape index (κ3) is 1.32. The molecule has 4 heteroatoms. The van der Waals surface area contributed by atoms with Gasteiger partial charge in [0, 0.05) is 13.5 Å². The molecular formula is C8H13NO3. The molecule has 0 spiro atoms. The first-order valence-corrected chi connectivity index (χ1v) is 4.27. The largest absolute Gasteiger partial charge is 0.373 e. The summed E-state index contributed by atoms with van der Waals surface area (Å²) < 4.78 is 10.9. The molecule has 0 bridgehead atoms. The summed E-state index contributed by atoms with van der Waals surface area (Å²) in [5.41, 5.74) is 0. The second-order valence-corrected chi connectivity index (χ2v) is 3.30. The van der Waals surface area contributed by atoms with Gasteiger partial charge in [-0.2, -0.15) is 0 Å². The Balaban J connectivity index is 1.95. The monoisotopic (exact) mass is 171 g/mol. The van der Waals surface area contributed by atoms with Gasteiger partial charge >= 0.3 is 0 Å². The van der Waals surface area contributed by atoms with E-state index in [2.05, 4.69) is 5.32 Å². The van der Waals surface area contributed by atoms with Gasteiger partial charge in [0.2, 0.25) is 5.91 Å². The summed E-state index contributed by atoms with van der Waals surface area (Å²) in [6.45, 7) is 2.86. The second kappa shape index (κ2) is 3.03. The zero-order chi connectivity index (χ0) is 8.55. The fourth-order valence-corrected chi connectivity index (χ4v) is 1.85. The molecule has 0 aromatic rings. The highest BCUT2D eigenvalue weighted by atomic mass is 16.6. The Hall–Kier alpha value is -0.610. The van der Waals surface area contributed by atoms with Gasteiger partial charge in [-0.1, -0.05) is 0 Å². The zero-order valence-corrected chi connectivity index (χ0v) is 7.08. The molecule has 0 aromatic heterocycles. The Morgan fingerprint density at radius 3 is 3.08 bits per heavy atom. The van der Waals surface area contributed by atoms with E-state index in [9.17, 15) is 4.79 Å². The third-order valence-electron chi connectivity index (χ3n) is 2.35. The second-order valence-electron chi connectivity index (χ2n) is 3.30. The number of ether oxygens (including phenoxy) is 2. The van der Waals surface area contributed by atoms with Gasteiger partial charge in [-0.3, -0.25) is 4.79 Å². The van der Waals surface area contributed by atoms with Crippen molar-refractivity contribution in [2.24, 2.45) is 0 Å². The average Bonchev–Trinajstić information content (AvgIpc) is 2.52. The highest BCUT2D eigenvalue weighted by molar-refractivity contribution is 5.73. The first kappa shape index (κ1) is 8.01. The van der Waals surface area contributed by atoms with E-state index >= 15 is 0 Å². The lowest BCUT2D eigenvalue weighted by atomic mass is 10.1. The van der Waals surface area contributed by atoms with Gasteiger partial charge in [0.1, 0.15) is 6.10 Å². The van der Waals surface area contributed by atoms with Crippen LogP contribution in [0.15, 0.2) is 0 Å². The van der Waals surface area contributed by atoms with Crippen LogP contribution >= 0.6 is 0 Å². The number of rotatable bonds is 1. The summed E-state index contributed by atoms with van der Waals surface area (Å²) in [4.78, 5) is 10.8. The van der Waals surface area contributed by atoms with Crippen molar-refractivity contribution in [2.45, 2.75) is 31.6 Å². The molecule has 2 saturated heterocycles. The van der Waals surface area contributed by atoms with E-state index in [-0.39, 0.29) is 24.2 Å². The molecule has 1 N–H and O–H groups in total. The number of fused-ring (bicyclic) bond motifs is 1. The molecule has 0 aliphatic carbocycles. The lowest BCUT2D eigenvalue weighted by molar-refractivity contribution is -0.120. The maximum absolute atomic E-state index is 10.8. The van der Waals surface area contributed by atoms with Crippen LogP contribution in [0.1, 0.15) is 13.3 Å². The van der Waals surface area contributed by atoms with Crippen LogP contribution in [-0.2, 0) is 14.3 Å². The number of nitrogens with one attached hydrogen (secondary N) is 1. The molecular weight excluding hydrogens is 158 g/mol. The van der Waals surface area contributed by atoms with E-state index < -0.39 is 0 Å². The number of carbonyl (C=O) groups is 1. The molecule has 12 heavy (non-hydrogen) atoms. The summed E-state index contributed by atoms with van der Waals surface area (Å²) >= 11 is 0. The maximum atomic E-state index is 10.8. The molecule has 2 rings (SSSR count). The summed E-state index contributed by atoms with van der Waals surface area (Å²) in [7, 11) is 0. The summed E-state index contributed by atoms with van der Waals surface area (Å²) in [6, 6.07) is 0.0648. The van der Waals surface area contributed by atoms with Crippen LogP contribution in [0.2, 0.25) is 0 Å². The molecule has 1 amide bonds. The van der Waals surface area contributed by atoms with Crippen LogP contribution in [0.5, 0.6) is 0 Å². The van der Waals surface area contributed by atoms with Gasteiger partial charge in [-0.25, -0.2) is 0 Å². The molecule has 0 unspecified atom stereocenters. The zero-order valence-electron chi connectivity index (χ0n) is 7.08. The first-order chi connectivity index (χ1) is 5.77. The van der Waals surface area contributed by atoms with Crippen molar-refractivity contribution < 1.29 is 14.3 Å². The highest BCUT2D eigenvalue weighted by Gasteiger charge is 2.41. The Morgan fingerprint density at radius 2 is 2.33 bits per heavy atom. The molecule has 0 radical (unpaired) electrons. The van der Waals surface area contributed by atoms with Crippen molar-refractivity contribution >= 4 is 5.91 Å². The van der Waals surface area contributed by atoms with Crippen molar-refractivity contribution in [3.63, 3.8) is 0 Å². The van der Waals surface area contributed by atoms with Crippen molar-refractivity contribution in [1.82, 2.24) is 5.32 Å². The predicted molar refractivity (Wildman–Crippen MR) is 41.7 cm³/mol. The minimum atomic E-state index is -0.0141. The normalized spacial score (nSPS) is 39.6. The van der Waals surface area contributed by atoms with E-state index in [4.69, 9.17) is 9.47 Å². The topological polar surface area (TPSA) is 47.6 Å². The van der Waals surface area contributed by atoms with Gasteiger partial charge in [-0.15, -0.1) is 0 Å². The predicted octanol–water partition coefficient (Wildman–Crippen LogP) is -0.321. The summed E-state index contributed by atoms with van der Waals surface area (Å²) in [5, 5.41) is 2.82. The quantitative estimate of drug-likeness (QED) is 0.588. The average molecular weight is 171 g/mol. The molecule has 4 nitrogen and oxygen atoms in total. The molecule has 2 fully saturated rings.